The van der Waals surface area contributed by atoms with Gasteiger partial charge in [-0.25, -0.2) is 0 Å². The Balaban J connectivity index is 2.15. The summed E-state index contributed by atoms with van der Waals surface area (Å²) in [6.45, 7) is 2.60. The first-order valence-corrected chi connectivity index (χ1v) is 7.27. The zero-order chi connectivity index (χ0) is 15.4. The van der Waals surface area contributed by atoms with Crippen LogP contribution in [0.2, 0.25) is 10.0 Å². The number of benzene rings is 2. The predicted octanol–water partition coefficient (Wildman–Crippen LogP) is 4.27. The Morgan fingerprint density at radius 2 is 1.86 bits per heavy atom. The normalized spacial score (nSPS) is 10.3. The van der Waals surface area contributed by atoms with Crippen molar-refractivity contribution in [3.63, 3.8) is 0 Å². The fourth-order valence-electron chi connectivity index (χ4n) is 1.94. The molecule has 0 saturated heterocycles. The molecule has 0 heterocycles. The second-order valence-electron chi connectivity index (χ2n) is 4.71. The Labute approximate surface area is 134 Å². The summed E-state index contributed by atoms with van der Waals surface area (Å²) in [4.78, 5) is 11.7. The van der Waals surface area contributed by atoms with E-state index in [9.17, 15) is 4.79 Å². The maximum absolute atomic E-state index is 11.7. The van der Waals surface area contributed by atoms with Crippen LogP contribution in [-0.4, -0.2) is 13.0 Å². The monoisotopic (exact) mass is 322 g/mol. The zero-order valence-electron chi connectivity index (χ0n) is 11.8. The molecule has 0 aliphatic rings. The lowest BCUT2D eigenvalue weighted by molar-refractivity contribution is 0.0963. The van der Waals surface area contributed by atoms with Crippen LogP contribution in [-0.2, 0) is 6.54 Å². The van der Waals surface area contributed by atoms with E-state index >= 15 is 0 Å². The molecule has 0 aromatic heterocycles. The van der Waals surface area contributed by atoms with E-state index in [2.05, 4.69) is 10.6 Å². The Kier molecular flexibility index (Phi) is 5.10. The topological polar surface area (TPSA) is 41.1 Å². The average Bonchev–Trinajstić information content (AvgIpc) is 2.49. The molecule has 2 rings (SSSR count). The summed E-state index contributed by atoms with van der Waals surface area (Å²) in [5.74, 6) is -0.104. The lowest BCUT2D eigenvalue weighted by Gasteiger charge is -2.12. The highest BCUT2D eigenvalue weighted by Gasteiger charge is 2.06. The molecule has 0 aliphatic carbocycles. The number of hydrogen-bond acceptors (Lipinski definition) is 2. The fraction of sp³-hybridized carbons (Fsp3) is 0.188. The minimum absolute atomic E-state index is 0.104. The Morgan fingerprint density at radius 1 is 1.10 bits per heavy atom. The van der Waals surface area contributed by atoms with Crippen LogP contribution in [0.1, 0.15) is 21.5 Å². The van der Waals surface area contributed by atoms with Gasteiger partial charge in [-0.1, -0.05) is 35.3 Å². The van der Waals surface area contributed by atoms with Crippen LogP contribution < -0.4 is 10.6 Å². The van der Waals surface area contributed by atoms with Gasteiger partial charge in [0.05, 0.1) is 10.0 Å². The van der Waals surface area contributed by atoms with Gasteiger partial charge in [0.1, 0.15) is 0 Å². The molecule has 2 aromatic rings. The first-order valence-electron chi connectivity index (χ1n) is 6.52. The summed E-state index contributed by atoms with van der Waals surface area (Å²) in [6.07, 6.45) is 0. The predicted molar refractivity (Wildman–Crippen MR) is 88.4 cm³/mol. The largest absolute Gasteiger partial charge is 0.381 e. The maximum Gasteiger partial charge on any atom is 0.251 e. The SMILES string of the molecule is CNC(=O)c1ccc(C)c(NCc2ccc(Cl)c(Cl)c2)c1. The standard InChI is InChI=1S/C16H16Cl2N2O/c1-10-3-5-12(16(21)19-2)8-15(10)20-9-11-4-6-13(17)14(18)7-11/h3-8,20H,9H2,1-2H3,(H,19,21). The van der Waals surface area contributed by atoms with Crippen LogP contribution in [0, 0.1) is 6.92 Å². The smallest absolute Gasteiger partial charge is 0.251 e. The Bertz CT molecular complexity index is 671. The molecule has 0 spiro atoms. The van der Waals surface area contributed by atoms with E-state index in [1.54, 1.807) is 19.2 Å². The highest BCUT2D eigenvalue weighted by molar-refractivity contribution is 6.42. The van der Waals surface area contributed by atoms with Crippen molar-refractivity contribution in [2.45, 2.75) is 13.5 Å². The average molecular weight is 323 g/mol. The van der Waals surface area contributed by atoms with Gasteiger partial charge < -0.3 is 10.6 Å². The minimum Gasteiger partial charge on any atom is -0.381 e. The molecule has 110 valence electrons. The van der Waals surface area contributed by atoms with E-state index in [4.69, 9.17) is 23.2 Å². The molecule has 0 fully saturated rings. The maximum atomic E-state index is 11.7. The quantitative estimate of drug-likeness (QED) is 0.882. The number of aryl methyl sites for hydroxylation is 1. The highest BCUT2D eigenvalue weighted by atomic mass is 35.5. The van der Waals surface area contributed by atoms with Gasteiger partial charge in [-0.05, 0) is 42.3 Å². The van der Waals surface area contributed by atoms with E-state index in [0.29, 0.717) is 22.2 Å². The lowest BCUT2D eigenvalue weighted by atomic mass is 10.1. The molecule has 2 aromatic carbocycles. The van der Waals surface area contributed by atoms with Gasteiger partial charge in [0.15, 0.2) is 0 Å². The number of carbonyl (C=O) groups excluding carboxylic acids is 1. The van der Waals surface area contributed by atoms with Crippen molar-refractivity contribution < 1.29 is 4.79 Å². The number of carbonyl (C=O) groups is 1. The van der Waals surface area contributed by atoms with E-state index in [1.807, 2.05) is 31.2 Å². The van der Waals surface area contributed by atoms with Gasteiger partial charge in [-0.15, -0.1) is 0 Å². The molecule has 3 nitrogen and oxygen atoms in total. The van der Waals surface area contributed by atoms with Gasteiger partial charge in [0, 0.05) is 24.8 Å². The number of hydrogen-bond donors (Lipinski definition) is 2. The van der Waals surface area contributed by atoms with Gasteiger partial charge in [-0.3, -0.25) is 4.79 Å². The summed E-state index contributed by atoms with van der Waals surface area (Å²) >= 11 is 11.9. The number of nitrogens with one attached hydrogen (secondary N) is 2. The summed E-state index contributed by atoms with van der Waals surface area (Å²) in [7, 11) is 1.62. The molecule has 0 atom stereocenters. The molecule has 0 bridgehead atoms. The zero-order valence-corrected chi connectivity index (χ0v) is 13.3. The number of halogens is 2. The first-order chi connectivity index (χ1) is 10.0. The molecule has 1 amide bonds. The van der Waals surface area contributed by atoms with Crippen LogP contribution in [0.4, 0.5) is 5.69 Å². The van der Waals surface area contributed by atoms with Crippen molar-refractivity contribution >= 4 is 34.8 Å². The van der Waals surface area contributed by atoms with Crippen LogP contribution >= 0.6 is 23.2 Å². The molecule has 21 heavy (non-hydrogen) atoms. The van der Waals surface area contributed by atoms with Crippen molar-refractivity contribution in [1.29, 1.82) is 0 Å². The molecule has 0 radical (unpaired) electrons. The third-order valence-electron chi connectivity index (χ3n) is 3.19. The van der Waals surface area contributed by atoms with E-state index < -0.39 is 0 Å². The second-order valence-corrected chi connectivity index (χ2v) is 5.53. The van der Waals surface area contributed by atoms with E-state index in [0.717, 1.165) is 16.8 Å². The van der Waals surface area contributed by atoms with Crippen LogP contribution in [0.15, 0.2) is 36.4 Å². The third-order valence-corrected chi connectivity index (χ3v) is 3.93. The van der Waals surface area contributed by atoms with Crippen molar-refractivity contribution in [1.82, 2.24) is 5.32 Å². The Morgan fingerprint density at radius 3 is 2.52 bits per heavy atom. The summed E-state index contributed by atoms with van der Waals surface area (Å²) < 4.78 is 0. The van der Waals surface area contributed by atoms with E-state index in [-0.39, 0.29) is 5.91 Å². The second kappa shape index (κ2) is 6.83. The van der Waals surface area contributed by atoms with Crippen LogP contribution in [0.5, 0.6) is 0 Å². The number of amides is 1. The molecular formula is C16H16Cl2N2O. The number of rotatable bonds is 4. The van der Waals surface area contributed by atoms with Crippen molar-refractivity contribution in [2.75, 3.05) is 12.4 Å². The minimum atomic E-state index is -0.104. The molecule has 0 aliphatic heterocycles. The molecule has 0 saturated carbocycles. The summed E-state index contributed by atoms with van der Waals surface area (Å²) in [6, 6.07) is 11.1. The van der Waals surface area contributed by atoms with Crippen LogP contribution in [0.3, 0.4) is 0 Å². The van der Waals surface area contributed by atoms with Gasteiger partial charge >= 0.3 is 0 Å². The third kappa shape index (κ3) is 3.90. The van der Waals surface area contributed by atoms with Crippen molar-refractivity contribution in [2.24, 2.45) is 0 Å². The van der Waals surface area contributed by atoms with Gasteiger partial charge in [-0.2, -0.15) is 0 Å². The van der Waals surface area contributed by atoms with Gasteiger partial charge in [0.25, 0.3) is 5.91 Å². The fourth-order valence-corrected chi connectivity index (χ4v) is 2.27. The summed E-state index contributed by atoms with van der Waals surface area (Å²) in [5.41, 5.74) is 3.64. The summed E-state index contributed by atoms with van der Waals surface area (Å²) in [5, 5.41) is 7.00. The molecular weight excluding hydrogens is 307 g/mol. The van der Waals surface area contributed by atoms with Crippen molar-refractivity contribution in [3.05, 3.63) is 63.1 Å². The Hall–Kier alpha value is -1.71. The molecule has 2 N–H and O–H groups in total. The van der Waals surface area contributed by atoms with Crippen molar-refractivity contribution in [3.8, 4) is 0 Å². The number of anilines is 1. The molecule has 5 heteroatoms. The highest BCUT2D eigenvalue weighted by Crippen LogP contribution is 2.24. The first kappa shape index (κ1) is 15.7. The van der Waals surface area contributed by atoms with Gasteiger partial charge in [0.2, 0.25) is 0 Å². The lowest BCUT2D eigenvalue weighted by Crippen LogP contribution is -2.18. The van der Waals surface area contributed by atoms with E-state index in [1.165, 1.54) is 0 Å². The van der Waals surface area contributed by atoms with Crippen LogP contribution in [0.25, 0.3) is 0 Å². The molecule has 0 unspecified atom stereocenters.